The molecule has 1 nitrogen and oxygen atoms in total. The molecule has 0 amide bonds. The van der Waals surface area contributed by atoms with Gasteiger partial charge in [-0.2, -0.15) is 0 Å². The van der Waals surface area contributed by atoms with Crippen molar-refractivity contribution in [2.75, 3.05) is 6.61 Å². The van der Waals surface area contributed by atoms with Crippen molar-refractivity contribution in [3.63, 3.8) is 0 Å². The van der Waals surface area contributed by atoms with E-state index in [1.165, 1.54) is 75.3 Å². The molecule has 2 aromatic carbocycles. The van der Waals surface area contributed by atoms with Crippen molar-refractivity contribution >= 4 is 0 Å². The van der Waals surface area contributed by atoms with Gasteiger partial charge >= 0.3 is 0 Å². The SMILES string of the molecule is CCCCCCCCCCOC(CCCC)C(c1ccccc1)c1ccccc1. The van der Waals surface area contributed by atoms with Gasteiger partial charge in [-0.05, 0) is 24.0 Å². The summed E-state index contributed by atoms with van der Waals surface area (Å²) in [6, 6.07) is 21.9. The Morgan fingerprint density at radius 1 is 0.586 bits per heavy atom. The highest BCUT2D eigenvalue weighted by Gasteiger charge is 2.25. The number of ether oxygens (including phenoxy) is 1. The normalized spacial score (nSPS) is 12.4. The maximum atomic E-state index is 6.56. The van der Waals surface area contributed by atoms with Crippen molar-refractivity contribution in [1.29, 1.82) is 0 Å². The highest BCUT2D eigenvalue weighted by atomic mass is 16.5. The molecule has 1 unspecified atom stereocenters. The monoisotopic (exact) mass is 394 g/mol. The molecule has 0 spiro atoms. The third-order valence-electron chi connectivity index (χ3n) is 5.86. The van der Waals surface area contributed by atoms with Gasteiger partial charge in [-0.15, -0.1) is 0 Å². The Kier molecular flexibility index (Phi) is 12.5. The van der Waals surface area contributed by atoms with E-state index >= 15 is 0 Å². The average Bonchev–Trinajstić information content (AvgIpc) is 2.77. The van der Waals surface area contributed by atoms with E-state index in [0.717, 1.165) is 13.0 Å². The smallest absolute Gasteiger partial charge is 0.0684 e. The summed E-state index contributed by atoms with van der Waals surface area (Å²) in [4.78, 5) is 0. The number of hydrogen-bond acceptors (Lipinski definition) is 1. The Bertz CT molecular complexity index is 567. The maximum absolute atomic E-state index is 6.56. The molecule has 1 atom stereocenters. The van der Waals surface area contributed by atoms with Gasteiger partial charge < -0.3 is 4.74 Å². The molecule has 0 fully saturated rings. The Hall–Kier alpha value is -1.60. The van der Waals surface area contributed by atoms with Crippen LogP contribution in [0.4, 0.5) is 0 Å². The average molecular weight is 395 g/mol. The van der Waals surface area contributed by atoms with E-state index in [4.69, 9.17) is 4.74 Å². The number of rotatable bonds is 16. The third-order valence-corrected chi connectivity index (χ3v) is 5.86. The molecular formula is C28H42O. The molecule has 1 heteroatoms. The van der Waals surface area contributed by atoms with Crippen LogP contribution in [0.25, 0.3) is 0 Å². The molecule has 0 saturated carbocycles. The lowest BCUT2D eigenvalue weighted by atomic mass is 9.84. The molecule has 0 aliphatic carbocycles. The molecule has 29 heavy (non-hydrogen) atoms. The minimum Gasteiger partial charge on any atom is -0.377 e. The molecule has 0 heterocycles. The molecule has 0 bridgehead atoms. The minimum atomic E-state index is 0.254. The van der Waals surface area contributed by atoms with E-state index in [9.17, 15) is 0 Å². The van der Waals surface area contributed by atoms with Crippen LogP contribution in [0.3, 0.4) is 0 Å². The van der Waals surface area contributed by atoms with Gasteiger partial charge in [-0.1, -0.05) is 132 Å². The summed E-state index contributed by atoms with van der Waals surface area (Å²) in [6.45, 7) is 5.44. The zero-order valence-electron chi connectivity index (χ0n) is 18.8. The molecule has 0 aliphatic heterocycles. The summed E-state index contributed by atoms with van der Waals surface area (Å²) < 4.78 is 6.56. The van der Waals surface area contributed by atoms with Crippen molar-refractivity contribution in [2.24, 2.45) is 0 Å². The van der Waals surface area contributed by atoms with Crippen LogP contribution in [0, 0.1) is 0 Å². The van der Waals surface area contributed by atoms with Gasteiger partial charge in [0.1, 0.15) is 0 Å². The molecular weight excluding hydrogens is 352 g/mol. The van der Waals surface area contributed by atoms with Crippen LogP contribution in [0.2, 0.25) is 0 Å². The molecule has 0 radical (unpaired) electrons. The summed E-state index contributed by atoms with van der Waals surface area (Å²) in [5.74, 6) is 0.318. The van der Waals surface area contributed by atoms with Crippen molar-refractivity contribution in [3.05, 3.63) is 71.8 Å². The van der Waals surface area contributed by atoms with E-state index < -0.39 is 0 Å². The van der Waals surface area contributed by atoms with Crippen molar-refractivity contribution in [1.82, 2.24) is 0 Å². The Morgan fingerprint density at radius 2 is 1.07 bits per heavy atom. The van der Waals surface area contributed by atoms with Gasteiger partial charge in [-0.25, -0.2) is 0 Å². The molecule has 0 N–H and O–H groups in total. The number of benzene rings is 2. The number of unbranched alkanes of at least 4 members (excludes halogenated alkanes) is 8. The predicted octanol–water partition coefficient (Wildman–Crippen LogP) is 8.53. The van der Waals surface area contributed by atoms with Gasteiger partial charge in [0, 0.05) is 12.5 Å². The molecule has 2 aromatic rings. The van der Waals surface area contributed by atoms with Gasteiger partial charge in [0.05, 0.1) is 6.10 Å². The quantitative estimate of drug-likeness (QED) is 0.259. The van der Waals surface area contributed by atoms with E-state index in [1.807, 2.05) is 0 Å². The second kappa shape index (κ2) is 15.3. The second-order valence-corrected chi connectivity index (χ2v) is 8.33. The van der Waals surface area contributed by atoms with Crippen LogP contribution in [-0.2, 0) is 4.74 Å². The lowest BCUT2D eigenvalue weighted by Gasteiger charge is -2.28. The molecule has 0 aliphatic rings. The Morgan fingerprint density at radius 3 is 1.59 bits per heavy atom. The van der Waals surface area contributed by atoms with Crippen molar-refractivity contribution < 1.29 is 4.74 Å². The summed E-state index contributed by atoms with van der Waals surface area (Å²) >= 11 is 0. The number of hydrogen-bond donors (Lipinski definition) is 0. The van der Waals surface area contributed by atoms with Crippen molar-refractivity contribution in [3.8, 4) is 0 Å². The van der Waals surface area contributed by atoms with Crippen molar-refractivity contribution in [2.45, 2.75) is 96.5 Å². The van der Waals surface area contributed by atoms with Crippen LogP contribution < -0.4 is 0 Å². The van der Waals surface area contributed by atoms with Crippen LogP contribution >= 0.6 is 0 Å². The van der Waals surface area contributed by atoms with Crippen LogP contribution in [-0.4, -0.2) is 12.7 Å². The van der Waals surface area contributed by atoms with Crippen LogP contribution in [0.5, 0.6) is 0 Å². The van der Waals surface area contributed by atoms with Crippen LogP contribution in [0.15, 0.2) is 60.7 Å². The highest BCUT2D eigenvalue weighted by molar-refractivity contribution is 5.33. The maximum Gasteiger partial charge on any atom is 0.0684 e. The minimum absolute atomic E-state index is 0.254. The largest absolute Gasteiger partial charge is 0.377 e. The highest BCUT2D eigenvalue weighted by Crippen LogP contribution is 2.32. The summed E-state index contributed by atoms with van der Waals surface area (Å²) in [7, 11) is 0. The zero-order chi connectivity index (χ0) is 20.6. The van der Waals surface area contributed by atoms with Gasteiger partial charge in [0.2, 0.25) is 0 Å². The van der Waals surface area contributed by atoms with Gasteiger partial charge in [0.25, 0.3) is 0 Å². The fourth-order valence-electron chi connectivity index (χ4n) is 4.16. The first-order valence-corrected chi connectivity index (χ1v) is 12.1. The lowest BCUT2D eigenvalue weighted by Crippen LogP contribution is -2.24. The topological polar surface area (TPSA) is 9.23 Å². The lowest BCUT2D eigenvalue weighted by molar-refractivity contribution is 0.0326. The molecule has 2 rings (SSSR count). The summed E-state index contributed by atoms with van der Waals surface area (Å²) in [5, 5.41) is 0. The predicted molar refractivity (Wildman–Crippen MR) is 127 cm³/mol. The van der Waals surface area contributed by atoms with E-state index in [2.05, 4.69) is 74.5 Å². The first-order valence-electron chi connectivity index (χ1n) is 12.1. The fraction of sp³-hybridized carbons (Fsp3) is 0.571. The van der Waals surface area contributed by atoms with Gasteiger partial charge in [-0.3, -0.25) is 0 Å². The van der Waals surface area contributed by atoms with E-state index in [0.29, 0.717) is 5.92 Å². The second-order valence-electron chi connectivity index (χ2n) is 8.33. The van der Waals surface area contributed by atoms with Gasteiger partial charge in [0.15, 0.2) is 0 Å². The first-order chi connectivity index (χ1) is 14.4. The molecule has 0 saturated heterocycles. The zero-order valence-corrected chi connectivity index (χ0v) is 18.8. The first kappa shape index (κ1) is 23.7. The Labute approximate surface area is 179 Å². The molecule has 0 aromatic heterocycles. The van der Waals surface area contributed by atoms with Crippen LogP contribution in [0.1, 0.15) is 102 Å². The van der Waals surface area contributed by atoms with E-state index in [1.54, 1.807) is 0 Å². The standard InChI is InChI=1S/C28H42O/c1-3-5-7-8-9-10-11-18-24-29-27(23-6-4-2)28(25-19-14-12-15-20-25)26-21-16-13-17-22-26/h12-17,19-22,27-28H,3-11,18,23-24H2,1-2H3. The molecule has 160 valence electrons. The Balaban J connectivity index is 1.93. The summed E-state index contributed by atoms with van der Waals surface area (Å²) in [5.41, 5.74) is 2.74. The van der Waals surface area contributed by atoms with E-state index in [-0.39, 0.29) is 6.10 Å². The summed E-state index contributed by atoms with van der Waals surface area (Å²) in [6.07, 6.45) is 14.6. The fourth-order valence-corrected chi connectivity index (χ4v) is 4.16. The third kappa shape index (κ3) is 9.17.